The standard InChI is InChI=1S/C14H16F2N2O3/c1-21-14(20)18-6-2-3-9(8-18)13(19)17-10-4-5-11(15)12(16)7-10/h4-5,7,9H,2-3,6,8H2,1H3,(H,17,19). The second-order valence-corrected chi connectivity index (χ2v) is 4.87. The Labute approximate surface area is 120 Å². The van der Waals surface area contributed by atoms with Crippen molar-refractivity contribution in [2.75, 3.05) is 25.5 Å². The van der Waals surface area contributed by atoms with Gasteiger partial charge in [0.25, 0.3) is 0 Å². The van der Waals surface area contributed by atoms with Crippen LogP contribution in [-0.2, 0) is 9.53 Å². The van der Waals surface area contributed by atoms with E-state index in [0.29, 0.717) is 19.4 Å². The first kappa shape index (κ1) is 15.2. The van der Waals surface area contributed by atoms with Crippen LogP contribution in [-0.4, -0.2) is 37.1 Å². The fraction of sp³-hybridized carbons (Fsp3) is 0.429. The number of carbonyl (C=O) groups is 2. The number of nitrogens with zero attached hydrogens (tertiary/aromatic N) is 1. The van der Waals surface area contributed by atoms with E-state index in [1.807, 2.05) is 0 Å². The average molecular weight is 298 g/mol. The molecule has 1 aromatic carbocycles. The van der Waals surface area contributed by atoms with Gasteiger partial charge in [-0.2, -0.15) is 0 Å². The van der Waals surface area contributed by atoms with Crippen molar-refractivity contribution >= 4 is 17.7 Å². The van der Waals surface area contributed by atoms with Gasteiger partial charge in [0.1, 0.15) is 0 Å². The highest BCUT2D eigenvalue weighted by atomic mass is 19.2. The van der Waals surface area contributed by atoms with E-state index < -0.39 is 23.6 Å². The molecule has 2 rings (SSSR count). The van der Waals surface area contributed by atoms with Crippen LogP contribution in [0.25, 0.3) is 0 Å². The number of anilines is 1. The summed E-state index contributed by atoms with van der Waals surface area (Å²) in [6.45, 7) is 0.795. The molecule has 7 heteroatoms. The van der Waals surface area contributed by atoms with Gasteiger partial charge in [0.15, 0.2) is 11.6 Å². The SMILES string of the molecule is COC(=O)N1CCCC(C(=O)Nc2ccc(F)c(F)c2)C1. The Kier molecular flexibility index (Phi) is 4.72. The highest BCUT2D eigenvalue weighted by Crippen LogP contribution is 2.20. The Hall–Kier alpha value is -2.18. The molecule has 1 heterocycles. The number of amides is 2. The molecule has 1 atom stereocenters. The van der Waals surface area contributed by atoms with Crippen molar-refractivity contribution in [2.45, 2.75) is 12.8 Å². The maximum Gasteiger partial charge on any atom is 0.409 e. The zero-order valence-corrected chi connectivity index (χ0v) is 11.6. The lowest BCUT2D eigenvalue weighted by atomic mass is 9.97. The summed E-state index contributed by atoms with van der Waals surface area (Å²) in [4.78, 5) is 25.0. The van der Waals surface area contributed by atoms with Crippen LogP contribution in [0.4, 0.5) is 19.3 Å². The zero-order chi connectivity index (χ0) is 15.4. The van der Waals surface area contributed by atoms with Crippen LogP contribution >= 0.6 is 0 Å². The van der Waals surface area contributed by atoms with Gasteiger partial charge in [0.05, 0.1) is 13.0 Å². The summed E-state index contributed by atoms with van der Waals surface area (Å²) < 4.78 is 30.5. The summed E-state index contributed by atoms with van der Waals surface area (Å²) in [5, 5.41) is 2.53. The lowest BCUT2D eigenvalue weighted by Crippen LogP contribution is -2.43. The second-order valence-electron chi connectivity index (χ2n) is 4.87. The summed E-state index contributed by atoms with van der Waals surface area (Å²) in [5.41, 5.74) is 0.189. The number of methoxy groups -OCH3 is 1. The molecule has 1 fully saturated rings. The molecule has 21 heavy (non-hydrogen) atoms. The number of piperidine rings is 1. The van der Waals surface area contributed by atoms with E-state index in [1.165, 1.54) is 18.1 Å². The highest BCUT2D eigenvalue weighted by molar-refractivity contribution is 5.93. The van der Waals surface area contributed by atoms with Crippen LogP contribution < -0.4 is 5.32 Å². The van der Waals surface area contributed by atoms with Gasteiger partial charge in [-0.15, -0.1) is 0 Å². The van der Waals surface area contributed by atoms with E-state index in [2.05, 4.69) is 10.1 Å². The quantitative estimate of drug-likeness (QED) is 0.912. The minimum atomic E-state index is -1.02. The van der Waals surface area contributed by atoms with Crippen molar-refractivity contribution in [1.82, 2.24) is 4.90 Å². The first-order valence-electron chi connectivity index (χ1n) is 6.60. The number of carbonyl (C=O) groups excluding carboxylic acids is 2. The largest absolute Gasteiger partial charge is 0.453 e. The average Bonchev–Trinajstić information content (AvgIpc) is 2.50. The molecule has 0 bridgehead atoms. The van der Waals surface area contributed by atoms with Crippen LogP contribution in [0.5, 0.6) is 0 Å². The van der Waals surface area contributed by atoms with Crippen molar-refractivity contribution in [1.29, 1.82) is 0 Å². The first-order valence-corrected chi connectivity index (χ1v) is 6.60. The number of benzene rings is 1. The van der Waals surface area contributed by atoms with E-state index in [4.69, 9.17) is 0 Å². The number of hydrogen-bond acceptors (Lipinski definition) is 3. The smallest absolute Gasteiger partial charge is 0.409 e. The van der Waals surface area contributed by atoms with Gasteiger partial charge in [-0.25, -0.2) is 13.6 Å². The van der Waals surface area contributed by atoms with Crippen molar-refractivity contribution < 1.29 is 23.1 Å². The number of rotatable bonds is 2. The van der Waals surface area contributed by atoms with Crippen molar-refractivity contribution in [2.24, 2.45) is 5.92 Å². The van der Waals surface area contributed by atoms with Gasteiger partial charge < -0.3 is 15.0 Å². The van der Waals surface area contributed by atoms with Crippen LogP contribution in [0.3, 0.4) is 0 Å². The molecular weight excluding hydrogens is 282 g/mol. The highest BCUT2D eigenvalue weighted by Gasteiger charge is 2.28. The molecule has 114 valence electrons. The maximum absolute atomic E-state index is 13.1. The Morgan fingerprint density at radius 1 is 1.33 bits per heavy atom. The summed E-state index contributed by atoms with van der Waals surface area (Å²) in [6, 6.07) is 3.16. The van der Waals surface area contributed by atoms with Gasteiger partial charge in [-0.05, 0) is 25.0 Å². The Morgan fingerprint density at radius 3 is 2.76 bits per heavy atom. The molecule has 1 aliphatic rings. The van der Waals surface area contributed by atoms with Crippen LogP contribution in [0.15, 0.2) is 18.2 Å². The Morgan fingerprint density at radius 2 is 2.10 bits per heavy atom. The first-order chi connectivity index (χ1) is 10.0. The molecule has 0 spiro atoms. The predicted molar refractivity (Wildman–Crippen MR) is 71.7 cm³/mol. The third kappa shape index (κ3) is 3.68. The van der Waals surface area contributed by atoms with E-state index in [0.717, 1.165) is 12.1 Å². The van der Waals surface area contributed by atoms with Gasteiger partial charge in [-0.3, -0.25) is 4.79 Å². The van der Waals surface area contributed by atoms with Gasteiger partial charge in [-0.1, -0.05) is 0 Å². The van der Waals surface area contributed by atoms with E-state index in [9.17, 15) is 18.4 Å². The minimum Gasteiger partial charge on any atom is -0.453 e. The predicted octanol–water partition coefficient (Wildman–Crippen LogP) is 2.38. The lowest BCUT2D eigenvalue weighted by molar-refractivity contribution is -0.121. The lowest BCUT2D eigenvalue weighted by Gasteiger charge is -2.30. The molecule has 1 unspecified atom stereocenters. The van der Waals surface area contributed by atoms with E-state index in [1.54, 1.807) is 0 Å². The third-order valence-electron chi connectivity index (χ3n) is 3.41. The summed E-state index contributed by atoms with van der Waals surface area (Å²) in [5.74, 6) is -2.71. The fourth-order valence-electron chi connectivity index (χ4n) is 2.30. The molecular formula is C14H16F2N2O3. The molecule has 0 saturated carbocycles. The summed E-state index contributed by atoms with van der Waals surface area (Å²) in [7, 11) is 1.29. The number of likely N-dealkylation sites (tertiary alicyclic amines) is 1. The maximum atomic E-state index is 13.1. The van der Waals surface area contributed by atoms with Crippen molar-refractivity contribution in [3.8, 4) is 0 Å². The van der Waals surface area contributed by atoms with E-state index >= 15 is 0 Å². The molecule has 0 aromatic heterocycles. The van der Waals surface area contributed by atoms with Crippen LogP contribution in [0, 0.1) is 17.6 Å². The molecule has 2 amide bonds. The number of ether oxygens (including phenoxy) is 1. The van der Waals surface area contributed by atoms with Gasteiger partial charge >= 0.3 is 6.09 Å². The van der Waals surface area contributed by atoms with Crippen LogP contribution in [0.2, 0.25) is 0 Å². The third-order valence-corrected chi connectivity index (χ3v) is 3.41. The monoisotopic (exact) mass is 298 g/mol. The summed E-state index contributed by atoms with van der Waals surface area (Å²) in [6.07, 6.45) is 0.842. The van der Waals surface area contributed by atoms with E-state index in [-0.39, 0.29) is 18.1 Å². The molecule has 5 nitrogen and oxygen atoms in total. The van der Waals surface area contributed by atoms with Crippen molar-refractivity contribution in [3.05, 3.63) is 29.8 Å². The topological polar surface area (TPSA) is 58.6 Å². The van der Waals surface area contributed by atoms with Crippen molar-refractivity contribution in [3.63, 3.8) is 0 Å². The molecule has 1 aromatic rings. The normalized spacial score (nSPS) is 18.2. The number of hydrogen-bond donors (Lipinski definition) is 1. The molecule has 0 aliphatic carbocycles. The molecule has 1 saturated heterocycles. The minimum absolute atomic E-state index is 0.189. The molecule has 1 aliphatic heterocycles. The Bertz CT molecular complexity index is 551. The molecule has 1 N–H and O–H groups in total. The number of halogens is 2. The van der Waals surface area contributed by atoms with Gasteiger partial charge in [0, 0.05) is 24.8 Å². The van der Waals surface area contributed by atoms with Crippen LogP contribution in [0.1, 0.15) is 12.8 Å². The second kappa shape index (κ2) is 6.51. The zero-order valence-electron chi connectivity index (χ0n) is 11.6. The Balaban J connectivity index is 1.99. The van der Waals surface area contributed by atoms with Gasteiger partial charge in [0.2, 0.25) is 5.91 Å². The summed E-state index contributed by atoms with van der Waals surface area (Å²) >= 11 is 0. The molecule has 0 radical (unpaired) electrons. The number of nitrogens with one attached hydrogen (secondary N) is 1. The fourth-order valence-corrected chi connectivity index (χ4v) is 2.30.